The molecule has 0 unspecified atom stereocenters. The SMILES string of the molecule is C=CC1=C(CC)CCN(Cc2ccccc2)C1. The molecule has 17 heavy (non-hydrogen) atoms. The van der Waals surface area contributed by atoms with Crippen LogP contribution in [0.15, 0.2) is 54.1 Å². The van der Waals surface area contributed by atoms with E-state index in [9.17, 15) is 0 Å². The molecule has 1 nitrogen and oxygen atoms in total. The predicted octanol–water partition coefficient (Wildman–Crippen LogP) is 3.78. The first kappa shape index (κ1) is 12.1. The predicted molar refractivity (Wildman–Crippen MR) is 73.9 cm³/mol. The summed E-state index contributed by atoms with van der Waals surface area (Å²) in [4.78, 5) is 2.51. The Morgan fingerprint density at radius 2 is 2.06 bits per heavy atom. The van der Waals surface area contributed by atoms with Gasteiger partial charge in [0.25, 0.3) is 0 Å². The number of hydrogen-bond acceptors (Lipinski definition) is 1. The Hall–Kier alpha value is -1.34. The summed E-state index contributed by atoms with van der Waals surface area (Å²) in [6.07, 6.45) is 4.40. The third kappa shape index (κ3) is 3.07. The zero-order valence-corrected chi connectivity index (χ0v) is 10.7. The quantitative estimate of drug-likeness (QED) is 0.756. The highest BCUT2D eigenvalue weighted by Crippen LogP contribution is 2.22. The van der Waals surface area contributed by atoms with Crippen LogP contribution in [0.2, 0.25) is 0 Å². The molecule has 0 spiro atoms. The summed E-state index contributed by atoms with van der Waals surface area (Å²) in [7, 11) is 0. The second kappa shape index (κ2) is 5.83. The average Bonchev–Trinajstić information content (AvgIpc) is 2.40. The van der Waals surface area contributed by atoms with E-state index in [4.69, 9.17) is 0 Å². The van der Waals surface area contributed by atoms with Gasteiger partial charge in [0.05, 0.1) is 0 Å². The minimum atomic E-state index is 1.05. The fourth-order valence-electron chi connectivity index (χ4n) is 2.47. The zero-order chi connectivity index (χ0) is 12.1. The van der Waals surface area contributed by atoms with E-state index in [0.29, 0.717) is 0 Å². The molecule has 90 valence electrons. The highest BCUT2D eigenvalue weighted by atomic mass is 15.1. The Kier molecular flexibility index (Phi) is 4.16. The fraction of sp³-hybridized carbons (Fsp3) is 0.375. The lowest BCUT2D eigenvalue weighted by Gasteiger charge is -2.29. The molecule has 0 radical (unpaired) electrons. The molecule has 0 N–H and O–H groups in total. The van der Waals surface area contributed by atoms with Crippen LogP contribution in [0.5, 0.6) is 0 Å². The molecule has 0 atom stereocenters. The monoisotopic (exact) mass is 227 g/mol. The van der Waals surface area contributed by atoms with Gasteiger partial charge in [-0.15, -0.1) is 0 Å². The van der Waals surface area contributed by atoms with E-state index in [0.717, 1.165) is 13.1 Å². The number of benzene rings is 1. The van der Waals surface area contributed by atoms with Gasteiger partial charge in [0, 0.05) is 19.6 Å². The van der Waals surface area contributed by atoms with Gasteiger partial charge in [-0.05, 0) is 24.0 Å². The lowest BCUT2D eigenvalue weighted by atomic mass is 9.97. The highest BCUT2D eigenvalue weighted by Gasteiger charge is 2.15. The number of hydrogen-bond donors (Lipinski definition) is 0. The summed E-state index contributed by atoms with van der Waals surface area (Å²) in [5.41, 5.74) is 4.43. The molecule has 1 aromatic carbocycles. The van der Waals surface area contributed by atoms with Crippen LogP contribution >= 0.6 is 0 Å². The summed E-state index contributed by atoms with van der Waals surface area (Å²) in [6, 6.07) is 10.7. The molecule has 1 heterocycles. The van der Waals surface area contributed by atoms with Crippen LogP contribution in [0.3, 0.4) is 0 Å². The van der Waals surface area contributed by atoms with Crippen molar-refractivity contribution in [3.05, 3.63) is 59.7 Å². The lowest BCUT2D eigenvalue weighted by Crippen LogP contribution is -2.30. The molecule has 1 aliphatic rings. The van der Waals surface area contributed by atoms with Crippen molar-refractivity contribution in [1.29, 1.82) is 0 Å². The van der Waals surface area contributed by atoms with Gasteiger partial charge >= 0.3 is 0 Å². The average molecular weight is 227 g/mol. The molecule has 1 heteroatoms. The van der Waals surface area contributed by atoms with Crippen molar-refractivity contribution in [3.63, 3.8) is 0 Å². The maximum atomic E-state index is 3.94. The molecule has 0 saturated heterocycles. The Balaban J connectivity index is 2.02. The molecule has 1 aliphatic heterocycles. The van der Waals surface area contributed by atoms with Gasteiger partial charge in [-0.2, -0.15) is 0 Å². The van der Waals surface area contributed by atoms with Crippen molar-refractivity contribution in [2.24, 2.45) is 0 Å². The maximum absolute atomic E-state index is 3.94. The summed E-state index contributed by atoms with van der Waals surface area (Å²) < 4.78 is 0. The van der Waals surface area contributed by atoms with Gasteiger partial charge in [-0.3, -0.25) is 4.90 Å². The number of rotatable bonds is 4. The van der Waals surface area contributed by atoms with Crippen molar-refractivity contribution in [1.82, 2.24) is 4.90 Å². The van der Waals surface area contributed by atoms with E-state index in [1.54, 1.807) is 5.57 Å². The van der Waals surface area contributed by atoms with Crippen LogP contribution in [0.25, 0.3) is 0 Å². The second-order valence-corrected chi connectivity index (χ2v) is 4.63. The lowest BCUT2D eigenvalue weighted by molar-refractivity contribution is 0.278. The maximum Gasteiger partial charge on any atom is 0.0237 e. The van der Waals surface area contributed by atoms with Gasteiger partial charge in [-0.25, -0.2) is 0 Å². The third-order valence-corrected chi connectivity index (χ3v) is 3.50. The van der Waals surface area contributed by atoms with Gasteiger partial charge < -0.3 is 0 Å². The van der Waals surface area contributed by atoms with Gasteiger partial charge in [0.1, 0.15) is 0 Å². The van der Waals surface area contributed by atoms with E-state index < -0.39 is 0 Å². The largest absolute Gasteiger partial charge is 0.295 e. The van der Waals surface area contributed by atoms with E-state index in [2.05, 4.69) is 48.7 Å². The van der Waals surface area contributed by atoms with Gasteiger partial charge in [0.2, 0.25) is 0 Å². The molecule has 0 fully saturated rings. The molecule has 0 amide bonds. The Morgan fingerprint density at radius 1 is 1.29 bits per heavy atom. The molecular formula is C16H21N. The van der Waals surface area contributed by atoms with Crippen LogP contribution < -0.4 is 0 Å². The second-order valence-electron chi connectivity index (χ2n) is 4.63. The highest BCUT2D eigenvalue weighted by molar-refractivity contribution is 5.28. The van der Waals surface area contributed by atoms with Crippen LogP contribution in [0.1, 0.15) is 25.3 Å². The molecule has 0 aliphatic carbocycles. The van der Waals surface area contributed by atoms with E-state index in [1.165, 1.54) is 30.5 Å². The van der Waals surface area contributed by atoms with Crippen molar-refractivity contribution >= 4 is 0 Å². The molecule has 0 aromatic heterocycles. The van der Waals surface area contributed by atoms with Crippen molar-refractivity contribution in [2.45, 2.75) is 26.3 Å². The van der Waals surface area contributed by atoms with Gasteiger partial charge in [0.15, 0.2) is 0 Å². The summed E-state index contributed by atoms with van der Waals surface area (Å²) in [5.74, 6) is 0. The topological polar surface area (TPSA) is 3.24 Å². The first-order chi connectivity index (χ1) is 8.33. The van der Waals surface area contributed by atoms with E-state index in [1.807, 2.05) is 6.08 Å². The van der Waals surface area contributed by atoms with Crippen LogP contribution in [-0.4, -0.2) is 18.0 Å². The van der Waals surface area contributed by atoms with Crippen molar-refractivity contribution in [2.75, 3.05) is 13.1 Å². The van der Waals surface area contributed by atoms with Crippen LogP contribution in [0.4, 0.5) is 0 Å². The minimum Gasteiger partial charge on any atom is -0.295 e. The first-order valence-corrected chi connectivity index (χ1v) is 6.43. The minimum absolute atomic E-state index is 1.05. The van der Waals surface area contributed by atoms with Crippen molar-refractivity contribution in [3.8, 4) is 0 Å². The molecule has 0 bridgehead atoms. The summed E-state index contributed by atoms with van der Waals surface area (Å²) in [6.45, 7) is 9.47. The molecule has 1 aromatic rings. The fourth-order valence-corrected chi connectivity index (χ4v) is 2.47. The Morgan fingerprint density at radius 3 is 2.71 bits per heavy atom. The van der Waals surface area contributed by atoms with E-state index in [-0.39, 0.29) is 0 Å². The van der Waals surface area contributed by atoms with Crippen LogP contribution in [0, 0.1) is 0 Å². The van der Waals surface area contributed by atoms with E-state index >= 15 is 0 Å². The Bertz CT molecular complexity index is 403. The number of nitrogens with zero attached hydrogens (tertiary/aromatic N) is 1. The molecular weight excluding hydrogens is 206 g/mol. The normalized spacial score (nSPS) is 17.2. The molecule has 0 saturated carbocycles. The summed E-state index contributed by atoms with van der Waals surface area (Å²) >= 11 is 0. The van der Waals surface area contributed by atoms with Crippen molar-refractivity contribution < 1.29 is 0 Å². The van der Waals surface area contributed by atoms with Crippen LogP contribution in [-0.2, 0) is 6.54 Å². The standard InChI is InChI=1S/C16H21N/c1-3-15-10-11-17(13-16(15)4-2)12-14-8-6-5-7-9-14/h4-9H,2-3,10-13H2,1H3. The Labute approximate surface area is 104 Å². The molecule has 2 rings (SSSR count). The summed E-state index contributed by atoms with van der Waals surface area (Å²) in [5, 5.41) is 0. The smallest absolute Gasteiger partial charge is 0.0237 e. The zero-order valence-electron chi connectivity index (χ0n) is 10.7. The first-order valence-electron chi connectivity index (χ1n) is 6.43. The van der Waals surface area contributed by atoms with Gasteiger partial charge in [-0.1, -0.05) is 55.5 Å². The third-order valence-electron chi connectivity index (χ3n) is 3.50.